The summed E-state index contributed by atoms with van der Waals surface area (Å²) in [5.41, 5.74) is 4.50. The van der Waals surface area contributed by atoms with E-state index in [0.29, 0.717) is 5.11 Å². The van der Waals surface area contributed by atoms with Crippen molar-refractivity contribution in [1.82, 2.24) is 0 Å². The van der Waals surface area contributed by atoms with Crippen molar-refractivity contribution in [3.63, 3.8) is 0 Å². The molecule has 0 saturated heterocycles. The Morgan fingerprint density at radius 3 is 2.31 bits per heavy atom. The van der Waals surface area contributed by atoms with E-state index in [-0.39, 0.29) is 5.41 Å². The molecule has 0 aliphatic carbocycles. The van der Waals surface area contributed by atoms with Crippen LogP contribution >= 0.6 is 12.2 Å². The fourth-order valence-corrected chi connectivity index (χ4v) is 2.92. The van der Waals surface area contributed by atoms with Crippen LogP contribution in [0.2, 0.25) is 0 Å². The third-order valence-electron chi connectivity index (χ3n) is 4.34. The minimum atomic E-state index is 0.0616. The molecule has 0 aliphatic rings. The van der Waals surface area contributed by atoms with Crippen molar-refractivity contribution in [3.8, 4) is 5.75 Å². The van der Waals surface area contributed by atoms with Gasteiger partial charge in [-0.25, -0.2) is 0 Å². The zero-order chi connectivity index (χ0) is 19.2. The predicted octanol–water partition coefficient (Wildman–Crippen LogP) is 6.14. The van der Waals surface area contributed by atoms with Crippen LogP contribution in [0.4, 0.5) is 11.4 Å². The molecule has 0 saturated carbocycles. The van der Waals surface area contributed by atoms with Gasteiger partial charge in [-0.3, -0.25) is 0 Å². The van der Waals surface area contributed by atoms with Crippen LogP contribution in [0, 0.1) is 0 Å². The van der Waals surface area contributed by atoms with Gasteiger partial charge in [0.15, 0.2) is 5.11 Å². The Morgan fingerprint density at radius 1 is 1.04 bits per heavy atom. The molecule has 0 atom stereocenters. The number of benzene rings is 2. The lowest BCUT2D eigenvalue weighted by molar-refractivity contribution is 0.416. The van der Waals surface area contributed by atoms with Crippen molar-refractivity contribution in [2.45, 2.75) is 52.4 Å². The average Bonchev–Trinajstić information content (AvgIpc) is 2.60. The molecular formula is C22H30N2OS. The van der Waals surface area contributed by atoms with Gasteiger partial charge in [-0.05, 0) is 65.9 Å². The number of thiocarbonyl (C=S) groups is 1. The molecule has 140 valence electrons. The topological polar surface area (TPSA) is 33.3 Å². The molecule has 2 rings (SSSR count). The summed E-state index contributed by atoms with van der Waals surface area (Å²) in [5, 5.41) is 7.07. The molecule has 3 nitrogen and oxygen atoms in total. The van der Waals surface area contributed by atoms with Gasteiger partial charge in [-0.2, -0.15) is 0 Å². The standard InChI is InChI=1S/C22H30N2OS/c1-6-7-8-16-9-12-18(13-10-16)23-21(26)24-19-15-17(22(2,3)4)11-14-20(19)25-5/h9-15H,6-8H2,1-5H3,(H2,23,24,26). The van der Waals surface area contributed by atoms with Crippen molar-refractivity contribution in [1.29, 1.82) is 0 Å². The first-order chi connectivity index (χ1) is 12.3. The molecule has 2 aromatic carbocycles. The van der Waals surface area contributed by atoms with E-state index in [0.717, 1.165) is 23.5 Å². The van der Waals surface area contributed by atoms with Gasteiger partial charge < -0.3 is 15.4 Å². The number of methoxy groups -OCH3 is 1. The molecule has 0 spiro atoms. The van der Waals surface area contributed by atoms with Crippen molar-refractivity contribution in [3.05, 3.63) is 53.6 Å². The SMILES string of the molecule is CCCCc1ccc(NC(=S)Nc2cc(C(C)(C)C)ccc2OC)cc1. The summed E-state index contributed by atoms with van der Waals surface area (Å²) in [6.07, 6.45) is 3.55. The van der Waals surface area contributed by atoms with Crippen LogP contribution in [-0.4, -0.2) is 12.2 Å². The lowest BCUT2D eigenvalue weighted by Crippen LogP contribution is -2.20. The second kappa shape index (κ2) is 9.04. The van der Waals surface area contributed by atoms with E-state index in [4.69, 9.17) is 17.0 Å². The van der Waals surface area contributed by atoms with Gasteiger partial charge in [0.2, 0.25) is 0 Å². The fraction of sp³-hybridized carbons (Fsp3) is 0.409. The van der Waals surface area contributed by atoms with E-state index in [1.807, 2.05) is 6.07 Å². The Hall–Kier alpha value is -2.07. The second-order valence-electron chi connectivity index (χ2n) is 7.54. The van der Waals surface area contributed by atoms with Gasteiger partial charge in [0, 0.05) is 5.69 Å². The Bertz CT molecular complexity index is 733. The normalized spacial score (nSPS) is 11.1. The minimum Gasteiger partial charge on any atom is -0.495 e. The molecule has 2 N–H and O–H groups in total. The molecule has 0 fully saturated rings. The summed E-state index contributed by atoms with van der Waals surface area (Å²) in [6, 6.07) is 14.6. The highest BCUT2D eigenvalue weighted by molar-refractivity contribution is 7.80. The molecule has 2 aromatic rings. The maximum atomic E-state index is 5.49. The summed E-state index contributed by atoms with van der Waals surface area (Å²) >= 11 is 5.49. The number of unbranched alkanes of at least 4 members (excludes halogenated alkanes) is 1. The molecule has 0 heterocycles. The molecule has 0 aromatic heterocycles. The van der Waals surface area contributed by atoms with Gasteiger partial charge in [-0.1, -0.05) is 52.3 Å². The van der Waals surface area contributed by atoms with E-state index in [2.05, 4.69) is 74.7 Å². The van der Waals surface area contributed by atoms with Crippen LogP contribution in [-0.2, 0) is 11.8 Å². The van der Waals surface area contributed by atoms with Crippen molar-refractivity contribution in [2.24, 2.45) is 0 Å². The molecule has 4 heteroatoms. The Kier molecular flexibility index (Phi) is 7.04. The third-order valence-corrected chi connectivity index (χ3v) is 4.55. The maximum Gasteiger partial charge on any atom is 0.175 e. The van der Waals surface area contributed by atoms with Crippen LogP contribution in [0.3, 0.4) is 0 Å². The Balaban J connectivity index is 2.07. The maximum absolute atomic E-state index is 5.49. The van der Waals surface area contributed by atoms with E-state index in [1.54, 1.807) is 7.11 Å². The molecular weight excluding hydrogens is 340 g/mol. The number of rotatable bonds is 6. The summed E-state index contributed by atoms with van der Waals surface area (Å²) in [4.78, 5) is 0. The van der Waals surface area contributed by atoms with E-state index in [1.165, 1.54) is 24.0 Å². The van der Waals surface area contributed by atoms with Gasteiger partial charge >= 0.3 is 0 Å². The quantitative estimate of drug-likeness (QED) is 0.598. The zero-order valence-corrected chi connectivity index (χ0v) is 17.3. The van der Waals surface area contributed by atoms with Crippen molar-refractivity contribution >= 4 is 28.7 Å². The zero-order valence-electron chi connectivity index (χ0n) is 16.5. The van der Waals surface area contributed by atoms with E-state index in [9.17, 15) is 0 Å². The highest BCUT2D eigenvalue weighted by Gasteiger charge is 2.16. The number of anilines is 2. The summed E-state index contributed by atoms with van der Waals surface area (Å²) in [7, 11) is 1.67. The summed E-state index contributed by atoms with van der Waals surface area (Å²) < 4.78 is 5.47. The van der Waals surface area contributed by atoms with Crippen LogP contribution < -0.4 is 15.4 Å². The molecule has 0 amide bonds. The van der Waals surface area contributed by atoms with Crippen LogP contribution in [0.15, 0.2) is 42.5 Å². The lowest BCUT2D eigenvalue weighted by atomic mass is 9.87. The van der Waals surface area contributed by atoms with Crippen LogP contribution in [0.1, 0.15) is 51.7 Å². The first kappa shape index (κ1) is 20.2. The predicted molar refractivity (Wildman–Crippen MR) is 117 cm³/mol. The summed E-state index contributed by atoms with van der Waals surface area (Å²) in [5.74, 6) is 0.775. The first-order valence-electron chi connectivity index (χ1n) is 9.19. The number of aryl methyl sites for hydroxylation is 1. The largest absolute Gasteiger partial charge is 0.495 e. The summed E-state index contributed by atoms with van der Waals surface area (Å²) in [6.45, 7) is 8.78. The smallest absolute Gasteiger partial charge is 0.175 e. The molecule has 0 aliphatic heterocycles. The van der Waals surface area contributed by atoms with Gasteiger partial charge in [0.1, 0.15) is 5.75 Å². The highest BCUT2D eigenvalue weighted by Crippen LogP contribution is 2.31. The number of hydrogen-bond acceptors (Lipinski definition) is 2. The fourth-order valence-electron chi connectivity index (χ4n) is 2.69. The van der Waals surface area contributed by atoms with Crippen molar-refractivity contribution < 1.29 is 4.74 Å². The third kappa shape index (κ3) is 5.73. The average molecular weight is 371 g/mol. The van der Waals surface area contributed by atoms with Gasteiger partial charge in [0.25, 0.3) is 0 Å². The van der Waals surface area contributed by atoms with Crippen molar-refractivity contribution in [2.75, 3.05) is 17.7 Å². The molecule has 26 heavy (non-hydrogen) atoms. The molecule has 0 unspecified atom stereocenters. The lowest BCUT2D eigenvalue weighted by Gasteiger charge is -2.22. The second-order valence-corrected chi connectivity index (χ2v) is 7.95. The van der Waals surface area contributed by atoms with E-state index >= 15 is 0 Å². The number of ether oxygens (including phenoxy) is 1. The monoisotopic (exact) mass is 370 g/mol. The Labute approximate surface area is 163 Å². The highest BCUT2D eigenvalue weighted by atomic mass is 32.1. The molecule has 0 bridgehead atoms. The minimum absolute atomic E-state index is 0.0616. The van der Waals surface area contributed by atoms with Crippen LogP contribution in [0.25, 0.3) is 0 Å². The van der Waals surface area contributed by atoms with Crippen LogP contribution in [0.5, 0.6) is 5.75 Å². The first-order valence-corrected chi connectivity index (χ1v) is 9.59. The molecule has 0 radical (unpaired) electrons. The number of nitrogens with one attached hydrogen (secondary N) is 2. The van der Waals surface area contributed by atoms with Gasteiger partial charge in [0.05, 0.1) is 12.8 Å². The Morgan fingerprint density at radius 2 is 1.73 bits per heavy atom. The van der Waals surface area contributed by atoms with Gasteiger partial charge in [-0.15, -0.1) is 0 Å². The number of hydrogen-bond donors (Lipinski definition) is 2. The van der Waals surface area contributed by atoms with E-state index < -0.39 is 0 Å².